The zero-order valence-electron chi connectivity index (χ0n) is 44.1. The summed E-state index contributed by atoms with van der Waals surface area (Å²) in [6, 6.07) is 0. The van der Waals surface area contributed by atoms with Gasteiger partial charge in [-0.3, -0.25) is 4.79 Å². The number of fused-ring (bicyclic) bond motifs is 7. The lowest BCUT2D eigenvalue weighted by molar-refractivity contribution is -0.354. The Morgan fingerprint density at radius 1 is 0.711 bits per heavy atom. The van der Waals surface area contributed by atoms with Crippen LogP contribution in [-0.2, 0) is 57.1 Å². The van der Waals surface area contributed by atoms with E-state index in [2.05, 4.69) is 40.7 Å². The van der Waals surface area contributed by atoms with E-state index in [4.69, 9.17) is 37.9 Å². The molecule has 8 rings (SSSR count). The van der Waals surface area contributed by atoms with Crippen LogP contribution in [0.15, 0.2) is 11.6 Å². The van der Waals surface area contributed by atoms with E-state index in [0.29, 0.717) is 44.9 Å². The second kappa shape index (κ2) is 21.5. The quantitative estimate of drug-likeness (QED) is 0.0436. The molecular weight excluding hydrogens is 1010 g/mol. The van der Waals surface area contributed by atoms with Gasteiger partial charge >= 0.3 is 23.9 Å². The number of rotatable bonds is 15. The monoisotopic (exact) mass is 1090 g/mol. The first-order chi connectivity index (χ1) is 35.4. The number of carboxylic acid groups (broad SMARTS) is 3. The van der Waals surface area contributed by atoms with Gasteiger partial charge in [0.05, 0.1) is 24.7 Å². The van der Waals surface area contributed by atoms with Gasteiger partial charge in [-0.1, -0.05) is 60.1 Å². The first kappa shape index (κ1) is 59.1. The third-order valence-electron chi connectivity index (χ3n) is 20.0. The number of aliphatic hydroxyl groups excluding tert-OH is 9. The molecule has 76 heavy (non-hydrogen) atoms. The molecule has 24 nitrogen and oxygen atoms in total. The van der Waals surface area contributed by atoms with Crippen LogP contribution in [-0.4, -0.2) is 209 Å². The summed E-state index contributed by atoms with van der Waals surface area (Å²) in [5, 5.41) is 125. The molecule has 432 valence electrons. The smallest absolute Gasteiger partial charge is 0.338 e. The Hall–Kier alpha value is -3.02. The largest absolute Gasteiger partial charge is 0.480 e. The molecule has 12 N–H and O–H groups in total. The van der Waals surface area contributed by atoms with Gasteiger partial charge in [-0.15, -0.1) is 0 Å². The van der Waals surface area contributed by atoms with Gasteiger partial charge in [-0.25, -0.2) is 14.4 Å². The van der Waals surface area contributed by atoms with Crippen molar-refractivity contribution in [2.24, 2.45) is 50.2 Å². The maximum atomic E-state index is 14.7. The van der Waals surface area contributed by atoms with Gasteiger partial charge in [-0.2, -0.15) is 0 Å². The first-order valence-corrected chi connectivity index (χ1v) is 26.5. The van der Waals surface area contributed by atoms with Gasteiger partial charge < -0.3 is 99.2 Å². The van der Waals surface area contributed by atoms with Crippen LogP contribution in [0.5, 0.6) is 0 Å². The molecule has 0 spiro atoms. The maximum Gasteiger partial charge on any atom is 0.338 e. The number of carbonyl (C=O) groups is 4. The molecule has 24 atom stereocenters. The van der Waals surface area contributed by atoms with Gasteiger partial charge in [0.15, 0.2) is 25.0 Å². The van der Waals surface area contributed by atoms with Crippen molar-refractivity contribution in [3.63, 3.8) is 0 Å². The Kier molecular flexibility index (Phi) is 16.7. The molecule has 7 fully saturated rings. The summed E-state index contributed by atoms with van der Waals surface area (Å²) in [5.74, 6) is -5.83. The Morgan fingerprint density at radius 3 is 2.03 bits per heavy atom. The Balaban J connectivity index is 1.03. The molecule has 0 aromatic carbocycles. The van der Waals surface area contributed by atoms with Crippen molar-refractivity contribution < 1.29 is 118 Å². The predicted octanol–water partition coefficient (Wildman–Crippen LogP) is -0.231. The summed E-state index contributed by atoms with van der Waals surface area (Å²) in [6.45, 7) is 13.0. The van der Waals surface area contributed by atoms with Gasteiger partial charge in [-0.05, 0) is 109 Å². The van der Waals surface area contributed by atoms with E-state index in [1.54, 1.807) is 0 Å². The topological polar surface area (TPSA) is 385 Å². The van der Waals surface area contributed by atoms with Crippen LogP contribution in [0.4, 0.5) is 0 Å². The average molecular weight is 1090 g/mol. The van der Waals surface area contributed by atoms with E-state index in [-0.39, 0.29) is 39.4 Å². The Bertz CT molecular complexity index is 2190. The van der Waals surface area contributed by atoms with E-state index in [1.807, 2.05) is 13.8 Å². The highest BCUT2D eigenvalue weighted by Gasteiger charge is 2.70. The van der Waals surface area contributed by atoms with Crippen LogP contribution in [0, 0.1) is 50.2 Å². The minimum atomic E-state index is -2.40. The highest BCUT2D eigenvalue weighted by molar-refractivity contribution is 5.79. The van der Waals surface area contributed by atoms with Crippen LogP contribution in [0.2, 0.25) is 0 Å². The minimum Gasteiger partial charge on any atom is -0.480 e. The van der Waals surface area contributed by atoms with E-state index < -0.39 is 159 Å². The van der Waals surface area contributed by atoms with Gasteiger partial charge in [0.2, 0.25) is 12.4 Å². The molecule has 5 aliphatic carbocycles. The van der Waals surface area contributed by atoms with E-state index in [9.17, 15) is 80.5 Å². The SMILES string of the molecule is CC1(C)CCC2(C(=O)OC3OC(CO)C(O)C(O)C3O)CCC3(C)C(=CCC4C5(C)CCC(OC6OC(C(=O)O)C(O)C(OC(OCC(=O)O)C(OC7OCC(O)C(O)C7O)C(=O)O)C6O)C(C)(C)C5CCC43C)C2C1. The zero-order chi connectivity index (χ0) is 56.0. The highest BCUT2D eigenvalue weighted by Crippen LogP contribution is 2.76. The number of hydrogen-bond donors (Lipinski definition) is 12. The summed E-state index contributed by atoms with van der Waals surface area (Å²) in [7, 11) is 0. The highest BCUT2D eigenvalue weighted by atomic mass is 16.8. The number of allylic oxidation sites excluding steroid dienone is 2. The fraction of sp³-hybridized carbons (Fsp3) is 0.885. The summed E-state index contributed by atoms with van der Waals surface area (Å²) in [6.07, 6.45) is -22.3. The van der Waals surface area contributed by atoms with E-state index >= 15 is 0 Å². The Labute approximate surface area is 440 Å². The third kappa shape index (κ3) is 10.0. The fourth-order valence-electron chi connectivity index (χ4n) is 15.5. The summed E-state index contributed by atoms with van der Waals surface area (Å²) in [5.41, 5.74) is -1.48. The first-order valence-electron chi connectivity index (χ1n) is 26.5. The van der Waals surface area contributed by atoms with Crippen LogP contribution in [0.3, 0.4) is 0 Å². The molecule has 8 aliphatic rings. The molecule has 4 saturated carbocycles. The summed E-state index contributed by atoms with van der Waals surface area (Å²) < 4.78 is 45.5. The molecule has 3 aliphatic heterocycles. The second-order valence-corrected chi connectivity index (χ2v) is 25.0. The summed E-state index contributed by atoms with van der Waals surface area (Å²) >= 11 is 0. The lowest BCUT2D eigenvalue weighted by atomic mass is 9.33. The van der Waals surface area contributed by atoms with Crippen molar-refractivity contribution >= 4 is 23.9 Å². The molecule has 24 unspecified atom stereocenters. The van der Waals surface area contributed by atoms with Crippen LogP contribution in [0.25, 0.3) is 0 Å². The number of aliphatic carboxylic acids is 3. The van der Waals surface area contributed by atoms with Crippen molar-refractivity contribution in [1.82, 2.24) is 0 Å². The van der Waals surface area contributed by atoms with Crippen LogP contribution < -0.4 is 0 Å². The number of esters is 1. The molecule has 0 aromatic heterocycles. The zero-order valence-corrected chi connectivity index (χ0v) is 44.1. The second-order valence-electron chi connectivity index (χ2n) is 25.0. The molecule has 3 heterocycles. The van der Waals surface area contributed by atoms with Gasteiger partial charge in [0.1, 0.15) is 67.6 Å². The Morgan fingerprint density at radius 2 is 1.38 bits per heavy atom. The number of aliphatic hydroxyl groups is 9. The molecule has 3 saturated heterocycles. The molecule has 0 bridgehead atoms. The van der Waals surface area contributed by atoms with Crippen molar-refractivity contribution in [3.05, 3.63) is 11.6 Å². The number of ether oxygens (including phenoxy) is 8. The molecule has 0 aromatic rings. The maximum absolute atomic E-state index is 14.7. The minimum absolute atomic E-state index is 0.00640. The lowest BCUT2D eigenvalue weighted by Gasteiger charge is -2.71. The van der Waals surface area contributed by atoms with Crippen molar-refractivity contribution in [3.8, 4) is 0 Å². The lowest BCUT2D eigenvalue weighted by Crippen LogP contribution is -2.66. The van der Waals surface area contributed by atoms with E-state index in [1.165, 1.54) is 5.57 Å². The van der Waals surface area contributed by atoms with Crippen molar-refractivity contribution in [1.29, 1.82) is 0 Å². The standard InChI is InChI=1S/C52H80O24/c1-47(2)14-16-52(46(68)76-43-34(61)32(59)31(58)25(19-53)71-43)17-15-50(6)22(23(52)18-47)8-9-27-49(5)12-11-28(48(3,4)26(49)10-13-51(27,50)7)72-44-36(63)37(35(62)38(74-44)40(64)65)73-45(70-21-29(55)56)39(41(66)67)75-42-33(60)30(57)24(54)20-69-42/h8,23-28,30-39,42-45,53-54,57-63H,9-21H2,1-7H3,(H,55,56)(H,64,65)(H,66,67). The molecular formula is C52H80O24. The third-order valence-corrected chi connectivity index (χ3v) is 20.0. The van der Waals surface area contributed by atoms with Crippen LogP contribution in [0.1, 0.15) is 113 Å². The van der Waals surface area contributed by atoms with Crippen molar-refractivity contribution in [2.75, 3.05) is 19.8 Å². The number of carboxylic acids is 3. The normalized spacial score (nSPS) is 47.6. The average Bonchev–Trinajstić information content (AvgIpc) is 3.34. The number of hydrogen-bond acceptors (Lipinski definition) is 21. The van der Waals surface area contributed by atoms with E-state index in [0.717, 1.165) is 19.3 Å². The van der Waals surface area contributed by atoms with Crippen molar-refractivity contribution in [2.45, 2.75) is 217 Å². The summed E-state index contributed by atoms with van der Waals surface area (Å²) in [4.78, 5) is 51.7. The fourth-order valence-corrected chi connectivity index (χ4v) is 15.5. The number of carbonyl (C=O) groups excluding carboxylic acids is 1. The van der Waals surface area contributed by atoms with Gasteiger partial charge in [0.25, 0.3) is 0 Å². The molecule has 24 heteroatoms. The predicted molar refractivity (Wildman–Crippen MR) is 255 cm³/mol. The molecule has 0 radical (unpaired) electrons. The molecule has 0 amide bonds. The van der Waals surface area contributed by atoms with Crippen LogP contribution >= 0.6 is 0 Å². The van der Waals surface area contributed by atoms with Gasteiger partial charge in [0, 0.05) is 0 Å².